The number of aromatic nitrogens is 2. The van der Waals surface area contributed by atoms with Crippen molar-refractivity contribution in [1.82, 2.24) is 15.3 Å². The van der Waals surface area contributed by atoms with E-state index in [4.69, 9.17) is 4.74 Å². The fraction of sp³-hybridized carbons (Fsp3) is 0.500. The Morgan fingerprint density at radius 2 is 1.74 bits per heavy atom. The van der Waals surface area contributed by atoms with E-state index < -0.39 is 0 Å². The Hall–Kier alpha value is -2.60. The number of aryl methyl sites for hydroxylation is 2. The maximum Gasteiger partial charge on any atom is 0.253 e. The molecule has 1 saturated carbocycles. The van der Waals surface area contributed by atoms with Gasteiger partial charge in [-0.2, -0.15) is 0 Å². The first-order valence-corrected chi connectivity index (χ1v) is 13.4. The quantitative estimate of drug-likeness (QED) is 0.381. The Kier molecular flexibility index (Phi) is 11.3. The molecule has 34 heavy (non-hydrogen) atoms. The molecule has 0 radical (unpaired) electrons. The molecular weight excluding hydrogens is 442 g/mol. The average molecular weight is 484 g/mol. The van der Waals surface area contributed by atoms with Crippen LogP contribution in [-0.2, 0) is 0 Å². The van der Waals surface area contributed by atoms with Crippen molar-refractivity contribution in [3.8, 4) is 17.0 Å². The van der Waals surface area contributed by atoms with Crippen molar-refractivity contribution in [3.63, 3.8) is 0 Å². The number of hydrogen-bond acceptors (Lipinski definition) is 4. The minimum Gasteiger partial charge on any atom is -0.497 e. The van der Waals surface area contributed by atoms with Gasteiger partial charge in [-0.05, 0) is 81.3 Å². The summed E-state index contributed by atoms with van der Waals surface area (Å²) in [7, 11) is 1.65. The summed E-state index contributed by atoms with van der Waals surface area (Å²) in [6, 6.07) is 9.70. The highest BCUT2D eigenvalue weighted by Gasteiger charge is 2.25. The van der Waals surface area contributed by atoms with Crippen molar-refractivity contribution >= 4 is 17.2 Å². The van der Waals surface area contributed by atoms with Crippen LogP contribution in [0, 0.1) is 19.8 Å². The van der Waals surface area contributed by atoms with Crippen molar-refractivity contribution in [2.45, 2.75) is 73.1 Å². The summed E-state index contributed by atoms with van der Waals surface area (Å²) >= 11 is 1.82. The van der Waals surface area contributed by atoms with Gasteiger partial charge in [0.25, 0.3) is 5.91 Å². The molecule has 186 valence electrons. The molecule has 0 bridgehead atoms. The minimum absolute atomic E-state index is 0.0113. The highest BCUT2D eigenvalue weighted by Crippen LogP contribution is 2.37. The van der Waals surface area contributed by atoms with Crippen molar-refractivity contribution in [1.29, 1.82) is 0 Å². The predicted molar refractivity (Wildman–Crippen MR) is 144 cm³/mol. The molecule has 3 aromatic rings. The standard InChI is InChI=1S/C24H29N3O2S.2C2H6/c1-15-12-21(22(27-15)18-8-10-20(29-3)11-9-18)23(28)25-14-17-4-6-19(7-5-17)24-26-13-16(2)30-24;2*1-2/h8-13,17,19,27H,4-7,14H2,1-3H3,(H,25,28);2*1-2H3. The molecule has 1 aromatic carbocycles. The molecule has 0 spiro atoms. The van der Waals surface area contributed by atoms with Gasteiger partial charge in [-0.3, -0.25) is 4.79 Å². The number of aromatic amines is 1. The summed E-state index contributed by atoms with van der Waals surface area (Å²) in [5.41, 5.74) is 3.51. The molecule has 2 heterocycles. The largest absolute Gasteiger partial charge is 0.497 e. The van der Waals surface area contributed by atoms with Gasteiger partial charge in [-0.25, -0.2) is 4.98 Å². The normalized spacial score (nSPS) is 17.0. The third-order valence-electron chi connectivity index (χ3n) is 5.96. The van der Waals surface area contributed by atoms with Crippen LogP contribution in [0.4, 0.5) is 0 Å². The molecule has 0 unspecified atom stereocenters. The number of methoxy groups -OCH3 is 1. The first-order chi connectivity index (χ1) is 16.5. The van der Waals surface area contributed by atoms with Crippen molar-refractivity contribution in [2.24, 2.45) is 5.92 Å². The molecule has 5 nitrogen and oxygen atoms in total. The average Bonchev–Trinajstić information content (AvgIpc) is 3.51. The number of H-pyrrole nitrogens is 1. The molecule has 0 atom stereocenters. The first kappa shape index (κ1) is 27.6. The van der Waals surface area contributed by atoms with Gasteiger partial charge in [0.05, 0.1) is 23.4 Å². The summed E-state index contributed by atoms with van der Waals surface area (Å²) < 4.78 is 5.24. The van der Waals surface area contributed by atoms with Crippen molar-refractivity contribution < 1.29 is 9.53 Å². The minimum atomic E-state index is -0.0113. The Bertz CT molecular complexity index is 999. The van der Waals surface area contributed by atoms with Gasteiger partial charge in [-0.1, -0.05) is 27.7 Å². The lowest BCUT2D eigenvalue weighted by molar-refractivity contribution is 0.0943. The SMILES string of the molecule is CC.CC.COc1ccc(-c2[nH]c(C)cc2C(=O)NCC2CCC(c3ncc(C)s3)CC2)cc1. The first-order valence-electron chi connectivity index (χ1n) is 12.6. The molecule has 1 amide bonds. The summed E-state index contributed by atoms with van der Waals surface area (Å²) in [5, 5.41) is 4.46. The van der Waals surface area contributed by atoms with E-state index in [0.717, 1.165) is 54.9 Å². The summed E-state index contributed by atoms with van der Waals surface area (Å²) in [4.78, 5) is 22.1. The van der Waals surface area contributed by atoms with Crippen LogP contribution in [0.3, 0.4) is 0 Å². The number of ether oxygens (including phenoxy) is 1. The van der Waals surface area contributed by atoms with E-state index >= 15 is 0 Å². The smallest absolute Gasteiger partial charge is 0.253 e. The van der Waals surface area contributed by atoms with Gasteiger partial charge in [0.2, 0.25) is 0 Å². The van der Waals surface area contributed by atoms with E-state index in [-0.39, 0.29) is 5.91 Å². The summed E-state index contributed by atoms with van der Waals surface area (Å²) in [5.74, 6) is 1.92. The van der Waals surface area contributed by atoms with Crippen LogP contribution >= 0.6 is 11.3 Å². The van der Waals surface area contributed by atoms with Crippen LogP contribution in [0.2, 0.25) is 0 Å². The van der Waals surface area contributed by atoms with Gasteiger partial charge in [0, 0.05) is 29.2 Å². The number of nitrogens with one attached hydrogen (secondary N) is 2. The Labute approximate surface area is 209 Å². The van der Waals surface area contributed by atoms with Gasteiger partial charge < -0.3 is 15.0 Å². The number of amides is 1. The third-order valence-corrected chi connectivity index (χ3v) is 7.04. The molecule has 0 saturated heterocycles. The summed E-state index contributed by atoms with van der Waals surface area (Å²) in [6.45, 7) is 12.8. The lowest BCUT2D eigenvalue weighted by Gasteiger charge is -2.27. The van der Waals surface area contributed by atoms with E-state index in [1.54, 1.807) is 7.11 Å². The Morgan fingerprint density at radius 3 is 2.29 bits per heavy atom. The Balaban J connectivity index is 0.000000970. The molecular formula is C28H41N3O2S. The summed E-state index contributed by atoms with van der Waals surface area (Å²) in [6.07, 6.45) is 6.58. The zero-order valence-corrected chi connectivity index (χ0v) is 22.6. The number of hydrogen-bond donors (Lipinski definition) is 2. The number of carbonyl (C=O) groups is 1. The monoisotopic (exact) mass is 483 g/mol. The van der Waals surface area contributed by atoms with E-state index in [0.29, 0.717) is 17.4 Å². The van der Waals surface area contributed by atoms with Gasteiger partial charge in [0.15, 0.2) is 0 Å². The van der Waals surface area contributed by atoms with E-state index in [1.807, 2.05) is 82.5 Å². The highest BCUT2D eigenvalue weighted by atomic mass is 32.1. The molecule has 4 rings (SSSR count). The van der Waals surface area contributed by atoms with Gasteiger partial charge in [-0.15, -0.1) is 11.3 Å². The predicted octanol–water partition coefficient (Wildman–Crippen LogP) is 7.52. The number of benzene rings is 1. The molecule has 1 fully saturated rings. The number of nitrogens with zero attached hydrogens (tertiary/aromatic N) is 1. The van der Waals surface area contributed by atoms with Gasteiger partial charge in [0.1, 0.15) is 5.75 Å². The molecule has 0 aliphatic heterocycles. The van der Waals surface area contributed by atoms with E-state index in [1.165, 1.54) is 9.88 Å². The second kappa shape index (κ2) is 14.0. The molecule has 2 aromatic heterocycles. The molecule has 6 heteroatoms. The zero-order chi connectivity index (χ0) is 25.1. The maximum absolute atomic E-state index is 12.9. The molecule has 2 N–H and O–H groups in total. The third kappa shape index (κ3) is 7.20. The number of rotatable bonds is 6. The van der Waals surface area contributed by atoms with Crippen molar-refractivity contribution in [2.75, 3.05) is 13.7 Å². The lowest BCUT2D eigenvalue weighted by Crippen LogP contribution is -2.31. The fourth-order valence-corrected chi connectivity index (χ4v) is 5.20. The second-order valence-corrected chi connectivity index (χ2v) is 9.47. The second-order valence-electron chi connectivity index (χ2n) is 8.21. The van der Waals surface area contributed by atoms with Gasteiger partial charge >= 0.3 is 0 Å². The van der Waals surface area contributed by atoms with Crippen LogP contribution in [0.15, 0.2) is 36.5 Å². The lowest BCUT2D eigenvalue weighted by atomic mass is 9.82. The van der Waals surface area contributed by atoms with Crippen LogP contribution in [0.25, 0.3) is 11.3 Å². The van der Waals surface area contributed by atoms with E-state index in [9.17, 15) is 4.79 Å². The Morgan fingerprint density at radius 1 is 1.09 bits per heavy atom. The zero-order valence-electron chi connectivity index (χ0n) is 21.8. The van der Waals surface area contributed by atoms with Crippen LogP contribution in [-0.4, -0.2) is 29.5 Å². The topological polar surface area (TPSA) is 67.0 Å². The van der Waals surface area contributed by atoms with Crippen LogP contribution < -0.4 is 10.1 Å². The number of carbonyl (C=O) groups excluding carboxylic acids is 1. The van der Waals surface area contributed by atoms with Crippen LogP contribution in [0.5, 0.6) is 5.75 Å². The number of thiazole rings is 1. The van der Waals surface area contributed by atoms with E-state index in [2.05, 4.69) is 22.2 Å². The highest BCUT2D eigenvalue weighted by molar-refractivity contribution is 7.11. The molecule has 1 aliphatic rings. The molecule has 1 aliphatic carbocycles. The maximum atomic E-state index is 12.9. The fourth-order valence-electron chi connectivity index (χ4n) is 4.26. The van der Waals surface area contributed by atoms with Crippen molar-refractivity contribution in [3.05, 3.63) is 57.7 Å². The van der Waals surface area contributed by atoms with Crippen LogP contribution in [0.1, 0.15) is 85.2 Å².